The molecule has 0 spiro atoms. The zero-order chi connectivity index (χ0) is 17.4. The summed E-state index contributed by atoms with van der Waals surface area (Å²) in [5.74, 6) is 0.370. The van der Waals surface area contributed by atoms with Crippen LogP contribution in [0, 0.1) is 13.8 Å². The number of fused-ring (bicyclic) bond motifs is 1. The Labute approximate surface area is 141 Å². The lowest BCUT2D eigenvalue weighted by Gasteiger charge is -2.50. The molecule has 2 atom stereocenters. The minimum atomic E-state index is -0.214. The molecule has 0 aliphatic carbocycles. The maximum absolute atomic E-state index is 12.5. The third-order valence-corrected chi connectivity index (χ3v) is 5.24. The van der Waals surface area contributed by atoms with Gasteiger partial charge in [0.1, 0.15) is 6.04 Å². The average molecular weight is 317 g/mol. The van der Waals surface area contributed by atoms with Crippen LogP contribution in [0.3, 0.4) is 0 Å². The summed E-state index contributed by atoms with van der Waals surface area (Å²) in [6.07, 6.45) is 2.82. The van der Waals surface area contributed by atoms with E-state index >= 15 is 0 Å². The highest BCUT2D eigenvalue weighted by atomic mass is 16.5. The lowest BCUT2D eigenvalue weighted by molar-refractivity contribution is -0.142. The predicted molar refractivity (Wildman–Crippen MR) is 96.2 cm³/mol. The van der Waals surface area contributed by atoms with Crippen molar-refractivity contribution in [1.29, 1.82) is 0 Å². The summed E-state index contributed by atoms with van der Waals surface area (Å²) < 4.78 is 5.13. The van der Waals surface area contributed by atoms with E-state index in [-0.39, 0.29) is 17.6 Å². The molecule has 0 fully saturated rings. The van der Waals surface area contributed by atoms with Crippen molar-refractivity contribution in [1.82, 2.24) is 0 Å². The SMILES string of the molecule is CCC[C@H](C(=O)OC)N1c2cc(C)c(C)cc2[C@@H](C)CC1(C)C. The van der Waals surface area contributed by atoms with E-state index in [1.165, 1.54) is 29.5 Å². The van der Waals surface area contributed by atoms with E-state index in [2.05, 4.69) is 58.6 Å². The molecule has 1 aliphatic heterocycles. The fraction of sp³-hybridized carbons (Fsp3) is 0.650. The minimum absolute atomic E-state index is 0.0673. The lowest BCUT2D eigenvalue weighted by Crippen LogP contribution is -2.56. The Morgan fingerprint density at radius 1 is 1.35 bits per heavy atom. The van der Waals surface area contributed by atoms with Gasteiger partial charge in [0.2, 0.25) is 0 Å². The highest BCUT2D eigenvalue weighted by Crippen LogP contribution is 2.46. The molecule has 0 N–H and O–H groups in total. The van der Waals surface area contributed by atoms with Gasteiger partial charge in [-0.2, -0.15) is 0 Å². The molecule has 0 saturated heterocycles. The molecule has 1 aromatic rings. The highest BCUT2D eigenvalue weighted by Gasteiger charge is 2.42. The van der Waals surface area contributed by atoms with Crippen LogP contribution in [0.25, 0.3) is 0 Å². The normalized spacial score (nSPS) is 20.8. The summed E-state index contributed by atoms with van der Waals surface area (Å²) >= 11 is 0. The Kier molecular flexibility index (Phi) is 5.07. The Hall–Kier alpha value is -1.51. The molecule has 1 heterocycles. The predicted octanol–water partition coefficient (Wildman–Crippen LogP) is 4.74. The van der Waals surface area contributed by atoms with E-state index in [4.69, 9.17) is 4.74 Å². The first-order chi connectivity index (χ1) is 10.7. The number of ether oxygens (including phenoxy) is 1. The van der Waals surface area contributed by atoms with Crippen molar-refractivity contribution in [3.05, 3.63) is 28.8 Å². The molecule has 0 aromatic heterocycles. The van der Waals surface area contributed by atoms with Gasteiger partial charge in [0.15, 0.2) is 0 Å². The van der Waals surface area contributed by atoms with Crippen LogP contribution in [0.2, 0.25) is 0 Å². The molecule has 0 unspecified atom stereocenters. The Bertz CT molecular complexity index is 592. The third-order valence-electron chi connectivity index (χ3n) is 5.24. The maximum Gasteiger partial charge on any atom is 0.328 e. The van der Waals surface area contributed by atoms with Gasteiger partial charge in [-0.05, 0) is 69.2 Å². The summed E-state index contributed by atoms with van der Waals surface area (Å²) in [5, 5.41) is 0. The molecule has 0 saturated carbocycles. The van der Waals surface area contributed by atoms with Gasteiger partial charge >= 0.3 is 5.97 Å². The van der Waals surface area contributed by atoms with E-state index in [1.807, 2.05) is 0 Å². The van der Waals surface area contributed by atoms with E-state index in [0.717, 1.165) is 19.3 Å². The van der Waals surface area contributed by atoms with E-state index in [9.17, 15) is 4.79 Å². The van der Waals surface area contributed by atoms with E-state index in [0.29, 0.717) is 5.92 Å². The summed E-state index contributed by atoms with van der Waals surface area (Å²) in [6.45, 7) is 13.2. The standard InChI is InChI=1S/C20H31NO2/c1-8-9-17(19(22)23-7)21-18-11-14(3)13(2)10-16(18)15(4)12-20(21,5)6/h10-11,15,17H,8-9,12H2,1-7H3/t15-,17+/m0/s1. The van der Waals surface area contributed by atoms with Crippen molar-refractivity contribution < 1.29 is 9.53 Å². The van der Waals surface area contributed by atoms with Crippen molar-refractivity contribution >= 4 is 11.7 Å². The number of carbonyl (C=O) groups is 1. The first-order valence-corrected chi connectivity index (χ1v) is 8.71. The van der Waals surface area contributed by atoms with Crippen molar-refractivity contribution in [2.45, 2.75) is 78.3 Å². The number of aryl methyl sites for hydroxylation is 2. The molecule has 0 bridgehead atoms. The summed E-state index contributed by atoms with van der Waals surface area (Å²) in [4.78, 5) is 14.8. The quantitative estimate of drug-likeness (QED) is 0.751. The number of hydrogen-bond acceptors (Lipinski definition) is 3. The molecule has 0 radical (unpaired) electrons. The number of carbonyl (C=O) groups excluding carboxylic acids is 1. The number of methoxy groups -OCH3 is 1. The zero-order valence-corrected chi connectivity index (χ0v) is 15.7. The smallest absolute Gasteiger partial charge is 0.328 e. The van der Waals surface area contributed by atoms with Crippen LogP contribution in [0.4, 0.5) is 5.69 Å². The van der Waals surface area contributed by atoms with Gasteiger partial charge < -0.3 is 9.64 Å². The Morgan fingerprint density at radius 3 is 2.52 bits per heavy atom. The van der Waals surface area contributed by atoms with Gasteiger partial charge in [-0.1, -0.05) is 26.3 Å². The molecule has 2 rings (SSSR count). The number of nitrogens with zero attached hydrogens (tertiary/aromatic N) is 1. The van der Waals surface area contributed by atoms with Crippen molar-refractivity contribution in [3.8, 4) is 0 Å². The maximum atomic E-state index is 12.5. The fourth-order valence-electron chi connectivity index (χ4n) is 4.06. The van der Waals surface area contributed by atoms with Crippen LogP contribution in [-0.4, -0.2) is 24.7 Å². The first kappa shape index (κ1) is 17.8. The minimum Gasteiger partial charge on any atom is -0.467 e. The van der Waals surface area contributed by atoms with Gasteiger partial charge in [-0.3, -0.25) is 0 Å². The second-order valence-corrected chi connectivity index (χ2v) is 7.61. The van der Waals surface area contributed by atoms with Gasteiger partial charge in [0.25, 0.3) is 0 Å². The lowest BCUT2D eigenvalue weighted by atomic mass is 9.78. The second kappa shape index (κ2) is 6.54. The number of esters is 1. The van der Waals surface area contributed by atoms with Crippen molar-refractivity contribution in [2.24, 2.45) is 0 Å². The topological polar surface area (TPSA) is 29.5 Å². The summed E-state index contributed by atoms with van der Waals surface area (Å²) in [7, 11) is 1.49. The van der Waals surface area contributed by atoms with Crippen LogP contribution in [0.15, 0.2) is 12.1 Å². The largest absolute Gasteiger partial charge is 0.467 e. The molecule has 3 nitrogen and oxygen atoms in total. The molecule has 1 aromatic carbocycles. The monoisotopic (exact) mass is 317 g/mol. The van der Waals surface area contributed by atoms with Crippen LogP contribution in [0.5, 0.6) is 0 Å². The number of anilines is 1. The van der Waals surface area contributed by atoms with Crippen LogP contribution in [-0.2, 0) is 9.53 Å². The Balaban J connectivity index is 2.62. The third kappa shape index (κ3) is 3.24. The molecule has 1 aliphatic rings. The first-order valence-electron chi connectivity index (χ1n) is 8.71. The van der Waals surface area contributed by atoms with Crippen molar-refractivity contribution in [3.63, 3.8) is 0 Å². The number of benzene rings is 1. The second-order valence-electron chi connectivity index (χ2n) is 7.61. The van der Waals surface area contributed by atoms with Gasteiger partial charge in [-0.25, -0.2) is 4.79 Å². The fourth-order valence-corrected chi connectivity index (χ4v) is 4.06. The molecular weight excluding hydrogens is 286 g/mol. The molecule has 128 valence electrons. The average Bonchev–Trinajstić information content (AvgIpc) is 2.47. The molecule has 3 heteroatoms. The molecule has 0 amide bonds. The number of rotatable bonds is 4. The van der Waals surface area contributed by atoms with Gasteiger partial charge in [0, 0.05) is 11.2 Å². The highest BCUT2D eigenvalue weighted by molar-refractivity contribution is 5.82. The van der Waals surface area contributed by atoms with E-state index < -0.39 is 0 Å². The summed E-state index contributed by atoms with van der Waals surface area (Å²) in [5.41, 5.74) is 5.10. The van der Waals surface area contributed by atoms with Gasteiger partial charge in [0.05, 0.1) is 7.11 Å². The molecular formula is C20H31NO2. The molecule has 23 heavy (non-hydrogen) atoms. The van der Waals surface area contributed by atoms with Crippen LogP contribution >= 0.6 is 0 Å². The zero-order valence-electron chi connectivity index (χ0n) is 15.7. The van der Waals surface area contributed by atoms with E-state index in [1.54, 1.807) is 0 Å². The Morgan fingerprint density at radius 2 is 1.96 bits per heavy atom. The van der Waals surface area contributed by atoms with Crippen LogP contribution in [0.1, 0.15) is 69.6 Å². The number of hydrogen-bond donors (Lipinski definition) is 0. The van der Waals surface area contributed by atoms with Crippen LogP contribution < -0.4 is 4.90 Å². The van der Waals surface area contributed by atoms with Crippen molar-refractivity contribution in [2.75, 3.05) is 12.0 Å². The van der Waals surface area contributed by atoms with Gasteiger partial charge in [-0.15, -0.1) is 0 Å². The summed E-state index contributed by atoms with van der Waals surface area (Å²) in [6, 6.07) is 4.35.